The number of amides is 1. The Morgan fingerprint density at radius 2 is 1.84 bits per heavy atom. The van der Waals surface area contributed by atoms with E-state index in [1.807, 2.05) is 54.6 Å². The monoisotopic (exact) mass is 416 g/mol. The van der Waals surface area contributed by atoms with Crippen LogP contribution in [0.25, 0.3) is 22.0 Å². The molecule has 5 rings (SSSR count). The second kappa shape index (κ2) is 7.92. The molecule has 0 atom stereocenters. The van der Waals surface area contributed by atoms with E-state index in [-0.39, 0.29) is 5.91 Å². The van der Waals surface area contributed by atoms with Gasteiger partial charge < -0.3 is 10.2 Å². The summed E-state index contributed by atoms with van der Waals surface area (Å²) in [5.41, 5.74) is 3.34. The zero-order valence-electron chi connectivity index (χ0n) is 17.6. The molecular weight excluding hydrogens is 392 g/mol. The van der Waals surface area contributed by atoms with Crippen LogP contribution in [0.2, 0.25) is 0 Å². The highest BCUT2D eigenvalue weighted by Crippen LogP contribution is 2.24. The first-order chi connectivity index (χ1) is 15.0. The number of nitrogens with zero attached hydrogens (tertiary/aromatic N) is 7. The number of fused-ring (bicyclic) bond motifs is 1. The van der Waals surface area contributed by atoms with Gasteiger partial charge in [-0.25, -0.2) is 0 Å². The van der Waals surface area contributed by atoms with Crippen LogP contribution in [0.1, 0.15) is 29.2 Å². The first-order valence-corrected chi connectivity index (χ1v) is 10.4. The molecule has 0 saturated carbocycles. The number of benzene rings is 1. The minimum Gasteiger partial charge on any atom is -0.306 e. The average molecular weight is 416 g/mol. The van der Waals surface area contributed by atoms with Crippen LogP contribution in [-0.4, -0.2) is 60.7 Å². The van der Waals surface area contributed by atoms with Crippen molar-refractivity contribution in [2.45, 2.75) is 18.9 Å². The van der Waals surface area contributed by atoms with Gasteiger partial charge in [0, 0.05) is 30.4 Å². The van der Waals surface area contributed by atoms with Crippen molar-refractivity contribution in [2.24, 2.45) is 7.05 Å². The molecule has 0 aliphatic carbocycles. The van der Waals surface area contributed by atoms with Gasteiger partial charge in [0.15, 0.2) is 5.82 Å². The molecule has 1 aliphatic rings. The first kappa shape index (κ1) is 19.4. The lowest BCUT2D eigenvalue weighted by molar-refractivity contribution is 0.102. The summed E-state index contributed by atoms with van der Waals surface area (Å²) in [4.78, 5) is 15.0. The van der Waals surface area contributed by atoms with Crippen LogP contribution in [0.5, 0.6) is 0 Å². The second-order valence-corrected chi connectivity index (χ2v) is 8.10. The summed E-state index contributed by atoms with van der Waals surface area (Å²) in [5.74, 6) is 0.170. The topological polar surface area (TPSA) is 93.8 Å². The number of hydrogen-bond acceptors (Lipinski definition) is 6. The van der Waals surface area contributed by atoms with E-state index < -0.39 is 0 Å². The third kappa shape index (κ3) is 4.04. The maximum absolute atomic E-state index is 12.7. The Hall–Kier alpha value is -3.59. The van der Waals surface area contributed by atoms with Gasteiger partial charge in [-0.15, -0.1) is 10.2 Å². The molecule has 9 nitrogen and oxygen atoms in total. The van der Waals surface area contributed by atoms with E-state index in [2.05, 4.69) is 37.7 Å². The summed E-state index contributed by atoms with van der Waals surface area (Å²) < 4.78 is 3.68. The van der Waals surface area contributed by atoms with E-state index in [4.69, 9.17) is 0 Å². The van der Waals surface area contributed by atoms with Crippen molar-refractivity contribution < 1.29 is 4.79 Å². The maximum Gasteiger partial charge on any atom is 0.260 e. The largest absolute Gasteiger partial charge is 0.306 e. The van der Waals surface area contributed by atoms with Crippen LogP contribution in [-0.2, 0) is 7.05 Å². The molecule has 0 unspecified atom stereocenters. The van der Waals surface area contributed by atoms with Crippen molar-refractivity contribution in [3.63, 3.8) is 0 Å². The Labute approximate surface area is 179 Å². The molecule has 0 spiro atoms. The molecule has 4 aromatic rings. The molecule has 158 valence electrons. The lowest BCUT2D eigenvalue weighted by Crippen LogP contribution is -2.31. The highest BCUT2D eigenvalue weighted by atomic mass is 16.1. The molecular formula is C22H24N8O. The third-order valence-corrected chi connectivity index (χ3v) is 5.79. The van der Waals surface area contributed by atoms with Crippen LogP contribution in [0, 0.1) is 0 Å². The van der Waals surface area contributed by atoms with Gasteiger partial charge in [-0.2, -0.15) is 10.2 Å². The van der Waals surface area contributed by atoms with E-state index in [1.165, 1.54) is 0 Å². The molecule has 1 aromatic carbocycles. The maximum atomic E-state index is 12.7. The summed E-state index contributed by atoms with van der Waals surface area (Å²) in [6, 6.07) is 8.10. The molecule has 9 heteroatoms. The van der Waals surface area contributed by atoms with Crippen LogP contribution in [0.15, 0.2) is 49.1 Å². The molecule has 31 heavy (non-hydrogen) atoms. The standard InChI is InChI=1S/C22H24N8O/c1-28-7-5-19(6-8-28)30-14-18(12-24-30)22(31)25-21-10-16-9-15(3-4-20(16)26-27-21)17-11-23-29(2)13-17/h3-4,9-14,19H,5-8H2,1-2H3,(H,25,27,31). The van der Waals surface area contributed by atoms with E-state index in [0.29, 0.717) is 17.4 Å². The van der Waals surface area contributed by atoms with Crippen molar-refractivity contribution in [3.05, 3.63) is 54.6 Å². The van der Waals surface area contributed by atoms with Gasteiger partial charge in [-0.3, -0.25) is 14.2 Å². The van der Waals surface area contributed by atoms with Gasteiger partial charge in [-0.05, 0) is 56.7 Å². The van der Waals surface area contributed by atoms with Gasteiger partial charge in [0.1, 0.15) is 0 Å². The van der Waals surface area contributed by atoms with Crippen molar-refractivity contribution in [1.29, 1.82) is 0 Å². The molecule has 1 N–H and O–H groups in total. The number of rotatable bonds is 4. The molecule has 1 aliphatic heterocycles. The Morgan fingerprint density at radius 1 is 1.00 bits per heavy atom. The minimum atomic E-state index is -0.240. The smallest absolute Gasteiger partial charge is 0.260 e. The lowest BCUT2D eigenvalue weighted by atomic mass is 10.1. The summed E-state index contributed by atoms with van der Waals surface area (Å²) in [7, 11) is 4.01. The van der Waals surface area contributed by atoms with Crippen LogP contribution in [0.3, 0.4) is 0 Å². The average Bonchev–Trinajstić information content (AvgIpc) is 3.43. The zero-order valence-corrected chi connectivity index (χ0v) is 17.6. The van der Waals surface area contributed by atoms with Crippen molar-refractivity contribution in [1.82, 2.24) is 34.7 Å². The first-order valence-electron chi connectivity index (χ1n) is 10.4. The van der Waals surface area contributed by atoms with Crippen molar-refractivity contribution >= 4 is 22.6 Å². The number of carbonyl (C=O) groups is 1. The van der Waals surface area contributed by atoms with Crippen molar-refractivity contribution in [3.8, 4) is 11.1 Å². The summed E-state index contributed by atoms with van der Waals surface area (Å²) in [6.07, 6.45) is 9.28. The Balaban J connectivity index is 1.33. The number of hydrogen-bond donors (Lipinski definition) is 1. The van der Waals surface area contributed by atoms with E-state index >= 15 is 0 Å². The van der Waals surface area contributed by atoms with Crippen LogP contribution in [0.4, 0.5) is 5.82 Å². The summed E-state index contributed by atoms with van der Waals surface area (Å²) >= 11 is 0. The minimum absolute atomic E-state index is 0.240. The number of likely N-dealkylation sites (tertiary alicyclic amines) is 1. The highest BCUT2D eigenvalue weighted by Gasteiger charge is 2.20. The lowest BCUT2D eigenvalue weighted by Gasteiger charge is -2.28. The number of anilines is 1. The fraction of sp³-hybridized carbons (Fsp3) is 0.318. The molecule has 1 fully saturated rings. The number of carbonyl (C=O) groups excluding carboxylic acids is 1. The molecule has 1 saturated heterocycles. The number of aromatic nitrogens is 6. The van der Waals surface area contributed by atoms with E-state index in [9.17, 15) is 4.79 Å². The van der Waals surface area contributed by atoms with Crippen LogP contribution >= 0.6 is 0 Å². The van der Waals surface area contributed by atoms with Crippen LogP contribution < -0.4 is 5.32 Å². The molecule has 4 heterocycles. The quantitative estimate of drug-likeness (QED) is 0.550. The Bertz CT molecular complexity index is 1240. The van der Waals surface area contributed by atoms with Gasteiger partial charge >= 0.3 is 0 Å². The van der Waals surface area contributed by atoms with Crippen molar-refractivity contribution in [2.75, 3.05) is 25.5 Å². The normalized spacial score (nSPS) is 15.4. The predicted molar refractivity (Wildman–Crippen MR) is 118 cm³/mol. The predicted octanol–water partition coefficient (Wildman–Crippen LogP) is 2.75. The molecule has 1 amide bonds. The third-order valence-electron chi connectivity index (χ3n) is 5.79. The van der Waals surface area contributed by atoms with E-state index in [0.717, 1.165) is 48.0 Å². The zero-order chi connectivity index (χ0) is 21.4. The fourth-order valence-electron chi connectivity index (χ4n) is 3.96. The number of nitrogens with one attached hydrogen (secondary N) is 1. The Kier molecular flexibility index (Phi) is 4.95. The van der Waals surface area contributed by atoms with Gasteiger partial charge in [0.05, 0.1) is 29.5 Å². The highest BCUT2D eigenvalue weighted by molar-refractivity contribution is 6.04. The summed E-state index contributed by atoms with van der Waals surface area (Å²) in [5, 5.41) is 20.8. The molecule has 0 bridgehead atoms. The summed E-state index contributed by atoms with van der Waals surface area (Å²) in [6.45, 7) is 2.08. The molecule has 3 aromatic heterocycles. The number of aryl methyl sites for hydroxylation is 1. The van der Waals surface area contributed by atoms with Gasteiger partial charge in [0.25, 0.3) is 5.91 Å². The van der Waals surface area contributed by atoms with E-state index in [1.54, 1.807) is 10.9 Å². The van der Waals surface area contributed by atoms with Gasteiger partial charge in [-0.1, -0.05) is 6.07 Å². The second-order valence-electron chi connectivity index (χ2n) is 8.10. The fourth-order valence-corrected chi connectivity index (χ4v) is 3.96. The number of piperidine rings is 1. The Morgan fingerprint density at radius 3 is 2.61 bits per heavy atom. The SMILES string of the molecule is CN1CCC(n2cc(C(=O)Nc3cc4cc(-c5cnn(C)c5)ccc4nn3)cn2)CC1. The van der Waals surface area contributed by atoms with Gasteiger partial charge in [0.2, 0.25) is 0 Å². The molecule has 0 radical (unpaired) electrons.